The number of hydrogen-bond acceptors (Lipinski definition) is 3. The first kappa shape index (κ1) is 9.56. The van der Waals surface area contributed by atoms with Gasteiger partial charge in [-0.05, 0) is 22.9 Å². The number of anilines is 1. The van der Waals surface area contributed by atoms with Crippen LogP contribution >= 0.6 is 27.3 Å². The summed E-state index contributed by atoms with van der Waals surface area (Å²) in [5, 5.41) is 6.04. The lowest BCUT2D eigenvalue weighted by molar-refractivity contribution is 0.826. The molecule has 0 saturated carbocycles. The van der Waals surface area contributed by atoms with Gasteiger partial charge in [0.2, 0.25) is 0 Å². The van der Waals surface area contributed by atoms with Gasteiger partial charge < -0.3 is 5.32 Å². The summed E-state index contributed by atoms with van der Waals surface area (Å²) in [4.78, 5) is 4.19. The third kappa shape index (κ3) is 2.84. The van der Waals surface area contributed by atoms with E-state index in [1.165, 1.54) is 0 Å². The Morgan fingerprint density at radius 1 is 1.92 bits per heavy atom. The second-order valence-corrected chi connectivity index (χ2v) is 4.10. The average Bonchev–Trinajstić information content (AvgIpc) is 2.36. The highest BCUT2D eigenvalue weighted by Crippen LogP contribution is 2.20. The van der Waals surface area contributed by atoms with E-state index < -0.39 is 0 Å². The summed E-state index contributed by atoms with van der Waals surface area (Å²) in [6, 6.07) is 0.285. The van der Waals surface area contributed by atoms with Crippen LogP contribution in [0.15, 0.2) is 9.98 Å². The summed E-state index contributed by atoms with van der Waals surface area (Å²) in [6.45, 7) is 2.04. The van der Waals surface area contributed by atoms with Gasteiger partial charge in [-0.25, -0.2) is 4.98 Å². The Hall–Kier alpha value is -0.530. The van der Waals surface area contributed by atoms with E-state index in [1.807, 2.05) is 12.3 Å². The van der Waals surface area contributed by atoms with Gasteiger partial charge in [0.25, 0.3) is 0 Å². The van der Waals surface area contributed by atoms with Crippen molar-refractivity contribution in [2.24, 2.45) is 0 Å². The Morgan fingerprint density at radius 3 is 3.17 bits per heavy atom. The minimum absolute atomic E-state index is 0.285. The molecule has 4 heteroatoms. The van der Waals surface area contributed by atoms with Gasteiger partial charge in [-0.3, -0.25) is 0 Å². The first-order chi connectivity index (χ1) is 5.72. The first-order valence-corrected chi connectivity index (χ1v) is 5.20. The van der Waals surface area contributed by atoms with Crippen molar-refractivity contribution in [3.8, 4) is 12.3 Å². The predicted molar refractivity (Wildman–Crippen MR) is 56.3 cm³/mol. The molecule has 0 bridgehead atoms. The summed E-state index contributed by atoms with van der Waals surface area (Å²) in [6.07, 6.45) is 5.89. The maximum Gasteiger partial charge on any atom is 0.183 e. The highest BCUT2D eigenvalue weighted by molar-refractivity contribution is 9.10. The van der Waals surface area contributed by atoms with E-state index in [1.54, 1.807) is 11.3 Å². The van der Waals surface area contributed by atoms with E-state index in [9.17, 15) is 0 Å². The van der Waals surface area contributed by atoms with Gasteiger partial charge in [-0.1, -0.05) is 0 Å². The van der Waals surface area contributed by atoms with Crippen LogP contribution in [0.25, 0.3) is 0 Å². The molecule has 2 nitrogen and oxygen atoms in total. The standard InChI is InChI=1S/C8H9BrN2S/c1-3-4-6(2)10-8-11-7(9)5-12-8/h1,5-6H,4H2,2H3,(H,10,11). The zero-order valence-corrected chi connectivity index (χ0v) is 9.08. The fourth-order valence-corrected chi connectivity index (χ4v) is 2.02. The minimum atomic E-state index is 0.285. The monoisotopic (exact) mass is 244 g/mol. The van der Waals surface area contributed by atoms with Crippen LogP contribution in [0.5, 0.6) is 0 Å². The number of hydrogen-bond donors (Lipinski definition) is 1. The Labute approximate surface area is 84.5 Å². The molecule has 0 fully saturated rings. The van der Waals surface area contributed by atoms with Crippen LogP contribution in [-0.4, -0.2) is 11.0 Å². The number of halogens is 1. The Morgan fingerprint density at radius 2 is 2.67 bits per heavy atom. The number of rotatable bonds is 3. The molecule has 12 heavy (non-hydrogen) atoms. The highest BCUT2D eigenvalue weighted by Gasteiger charge is 2.02. The second kappa shape index (κ2) is 4.48. The van der Waals surface area contributed by atoms with Crippen molar-refractivity contribution in [2.75, 3.05) is 5.32 Å². The van der Waals surface area contributed by atoms with E-state index in [0.717, 1.165) is 16.2 Å². The fourth-order valence-electron chi connectivity index (χ4n) is 0.759. The third-order valence-electron chi connectivity index (χ3n) is 1.27. The number of nitrogens with zero attached hydrogens (tertiary/aromatic N) is 1. The minimum Gasteiger partial charge on any atom is -0.358 e. The first-order valence-electron chi connectivity index (χ1n) is 3.53. The lowest BCUT2D eigenvalue weighted by Crippen LogP contribution is -2.13. The summed E-state index contributed by atoms with van der Waals surface area (Å²) < 4.78 is 0.864. The molecule has 0 aliphatic carbocycles. The van der Waals surface area contributed by atoms with Crippen molar-refractivity contribution < 1.29 is 0 Å². The maximum atomic E-state index is 5.17. The lowest BCUT2D eigenvalue weighted by atomic mass is 10.2. The average molecular weight is 245 g/mol. The van der Waals surface area contributed by atoms with Crippen LogP contribution in [0.3, 0.4) is 0 Å². The number of aromatic nitrogens is 1. The molecule has 0 aliphatic rings. The number of terminal acetylenes is 1. The van der Waals surface area contributed by atoms with Crippen LogP contribution in [0, 0.1) is 12.3 Å². The van der Waals surface area contributed by atoms with Crippen molar-refractivity contribution in [3.63, 3.8) is 0 Å². The van der Waals surface area contributed by atoms with Crippen LogP contribution in [0.2, 0.25) is 0 Å². The van der Waals surface area contributed by atoms with Crippen LogP contribution in [0.1, 0.15) is 13.3 Å². The molecule has 0 aliphatic heterocycles. The zero-order chi connectivity index (χ0) is 8.97. The van der Waals surface area contributed by atoms with Crippen LogP contribution in [-0.2, 0) is 0 Å². The second-order valence-electron chi connectivity index (χ2n) is 2.43. The highest BCUT2D eigenvalue weighted by atomic mass is 79.9. The molecule has 1 aromatic heterocycles. The topological polar surface area (TPSA) is 24.9 Å². The fraction of sp³-hybridized carbons (Fsp3) is 0.375. The molecule has 0 radical (unpaired) electrons. The van der Waals surface area contributed by atoms with Gasteiger partial charge in [-0.2, -0.15) is 0 Å². The van der Waals surface area contributed by atoms with Crippen molar-refractivity contribution in [3.05, 3.63) is 9.98 Å². The zero-order valence-electron chi connectivity index (χ0n) is 6.67. The molecule has 0 spiro atoms. The van der Waals surface area contributed by atoms with Crippen molar-refractivity contribution in [1.29, 1.82) is 0 Å². The third-order valence-corrected chi connectivity index (χ3v) is 2.75. The summed E-state index contributed by atoms with van der Waals surface area (Å²) in [5.74, 6) is 2.60. The maximum absolute atomic E-state index is 5.17. The molecular weight excluding hydrogens is 236 g/mol. The number of thiazole rings is 1. The number of nitrogens with one attached hydrogen (secondary N) is 1. The van der Waals surface area contributed by atoms with Crippen LogP contribution in [0.4, 0.5) is 5.13 Å². The molecule has 64 valence electrons. The smallest absolute Gasteiger partial charge is 0.183 e. The SMILES string of the molecule is C#CCC(C)Nc1nc(Br)cs1. The molecular formula is C8H9BrN2S. The van der Waals surface area contributed by atoms with Gasteiger partial charge in [0, 0.05) is 17.8 Å². The van der Waals surface area contributed by atoms with Crippen LogP contribution < -0.4 is 5.32 Å². The Bertz CT molecular complexity index is 289. The lowest BCUT2D eigenvalue weighted by Gasteiger charge is -2.07. The summed E-state index contributed by atoms with van der Waals surface area (Å²) >= 11 is 4.85. The van der Waals surface area contributed by atoms with Crippen molar-refractivity contribution in [1.82, 2.24) is 4.98 Å². The molecule has 1 heterocycles. The normalized spacial score (nSPS) is 12.1. The van der Waals surface area contributed by atoms with E-state index in [2.05, 4.69) is 32.2 Å². The molecule has 1 unspecified atom stereocenters. The largest absolute Gasteiger partial charge is 0.358 e. The summed E-state index contributed by atoms with van der Waals surface area (Å²) in [7, 11) is 0. The molecule has 1 aromatic rings. The van der Waals surface area contributed by atoms with E-state index in [-0.39, 0.29) is 6.04 Å². The molecule has 1 atom stereocenters. The van der Waals surface area contributed by atoms with Gasteiger partial charge in [0.15, 0.2) is 5.13 Å². The van der Waals surface area contributed by atoms with Gasteiger partial charge in [0.05, 0.1) is 0 Å². The molecule has 1 rings (SSSR count). The van der Waals surface area contributed by atoms with Gasteiger partial charge >= 0.3 is 0 Å². The van der Waals surface area contributed by atoms with E-state index >= 15 is 0 Å². The van der Waals surface area contributed by atoms with E-state index in [4.69, 9.17) is 6.42 Å². The molecule has 0 amide bonds. The summed E-state index contributed by atoms with van der Waals surface area (Å²) in [5.41, 5.74) is 0. The van der Waals surface area contributed by atoms with Crippen molar-refractivity contribution in [2.45, 2.75) is 19.4 Å². The predicted octanol–water partition coefficient (Wildman–Crippen LogP) is 2.73. The Balaban J connectivity index is 2.47. The van der Waals surface area contributed by atoms with Gasteiger partial charge in [0.1, 0.15) is 4.60 Å². The van der Waals surface area contributed by atoms with Gasteiger partial charge in [-0.15, -0.1) is 23.7 Å². The Kier molecular flexibility index (Phi) is 3.57. The molecule has 0 aromatic carbocycles. The van der Waals surface area contributed by atoms with E-state index in [0.29, 0.717) is 0 Å². The van der Waals surface area contributed by atoms with Crippen molar-refractivity contribution >= 4 is 32.4 Å². The molecule has 1 N–H and O–H groups in total. The molecule has 0 saturated heterocycles. The quantitative estimate of drug-likeness (QED) is 0.828.